The fraction of sp³-hybridized carbons (Fsp3) is 0.692. The van der Waals surface area contributed by atoms with Gasteiger partial charge in [-0.2, -0.15) is 11.8 Å². The van der Waals surface area contributed by atoms with Crippen LogP contribution >= 0.6 is 46.1 Å². The molecule has 2 heterocycles. The molecule has 3 nitrogen and oxygen atoms in total. The van der Waals surface area contributed by atoms with Crippen LogP contribution in [-0.4, -0.2) is 26.2 Å². The maximum Gasteiger partial charge on any atom is 0.144 e. The zero-order chi connectivity index (χ0) is 14.2. The highest BCUT2D eigenvalue weighted by atomic mass is 127. The monoisotopic (exact) mass is 409 g/mol. The van der Waals surface area contributed by atoms with Crippen LogP contribution in [0.2, 0.25) is 0 Å². The van der Waals surface area contributed by atoms with Crippen molar-refractivity contribution in [2.45, 2.75) is 49.4 Å². The smallest absolute Gasteiger partial charge is 0.144 e. The average molecular weight is 409 g/mol. The van der Waals surface area contributed by atoms with Crippen molar-refractivity contribution < 1.29 is 0 Å². The number of nitrogen functional groups attached to an aromatic ring is 1. The SMILES string of the molecule is CC(C)c1nc(C2CSC(C)C(C)S2)nc(N)c1I. The van der Waals surface area contributed by atoms with Gasteiger partial charge in [0, 0.05) is 16.3 Å². The summed E-state index contributed by atoms with van der Waals surface area (Å²) in [7, 11) is 0. The van der Waals surface area contributed by atoms with Crippen LogP contribution in [0.1, 0.15) is 50.4 Å². The van der Waals surface area contributed by atoms with Gasteiger partial charge in [-0.3, -0.25) is 0 Å². The highest BCUT2D eigenvalue weighted by Gasteiger charge is 2.29. The first-order chi connectivity index (χ1) is 8.90. The Hall–Kier alpha value is 0.310. The minimum Gasteiger partial charge on any atom is -0.383 e. The van der Waals surface area contributed by atoms with Gasteiger partial charge in [0.05, 0.1) is 14.5 Å². The number of anilines is 1. The zero-order valence-corrected chi connectivity index (χ0v) is 15.5. The normalized spacial score (nSPS) is 27.8. The molecule has 3 atom stereocenters. The molecular weight excluding hydrogens is 389 g/mol. The Bertz CT molecular complexity index is 467. The molecule has 0 aromatic carbocycles. The van der Waals surface area contributed by atoms with Crippen LogP contribution in [0, 0.1) is 3.57 Å². The van der Waals surface area contributed by atoms with E-state index in [0.717, 1.165) is 20.8 Å². The Morgan fingerprint density at radius 3 is 2.53 bits per heavy atom. The molecule has 0 saturated carbocycles. The van der Waals surface area contributed by atoms with Crippen molar-refractivity contribution in [3.63, 3.8) is 0 Å². The quantitative estimate of drug-likeness (QED) is 0.746. The number of rotatable bonds is 2. The molecule has 6 heteroatoms. The summed E-state index contributed by atoms with van der Waals surface area (Å²) in [6, 6.07) is 0. The predicted molar refractivity (Wildman–Crippen MR) is 95.0 cm³/mol. The first-order valence-electron chi connectivity index (χ1n) is 6.50. The van der Waals surface area contributed by atoms with Gasteiger partial charge in [0.25, 0.3) is 0 Å². The molecule has 1 aliphatic heterocycles. The van der Waals surface area contributed by atoms with Gasteiger partial charge in [-0.15, -0.1) is 11.8 Å². The largest absolute Gasteiger partial charge is 0.383 e. The molecule has 19 heavy (non-hydrogen) atoms. The lowest BCUT2D eigenvalue weighted by molar-refractivity contribution is 0.773. The van der Waals surface area contributed by atoms with E-state index in [0.29, 0.717) is 27.5 Å². The van der Waals surface area contributed by atoms with Gasteiger partial charge in [0.2, 0.25) is 0 Å². The second-order valence-electron chi connectivity index (χ2n) is 5.19. The van der Waals surface area contributed by atoms with Crippen LogP contribution in [0.5, 0.6) is 0 Å². The summed E-state index contributed by atoms with van der Waals surface area (Å²) < 4.78 is 1.01. The third-order valence-corrected chi connectivity index (χ3v) is 7.80. The van der Waals surface area contributed by atoms with Gasteiger partial charge in [0.15, 0.2) is 0 Å². The van der Waals surface area contributed by atoms with Crippen LogP contribution in [0.25, 0.3) is 0 Å². The van der Waals surface area contributed by atoms with Crippen LogP contribution in [0.4, 0.5) is 5.82 Å². The fourth-order valence-corrected chi connectivity index (χ4v) is 5.65. The van der Waals surface area contributed by atoms with Crippen LogP contribution < -0.4 is 5.73 Å². The molecule has 1 aromatic heterocycles. The van der Waals surface area contributed by atoms with Crippen molar-refractivity contribution in [3.05, 3.63) is 15.1 Å². The van der Waals surface area contributed by atoms with E-state index in [9.17, 15) is 0 Å². The van der Waals surface area contributed by atoms with E-state index >= 15 is 0 Å². The summed E-state index contributed by atoms with van der Waals surface area (Å²) in [4.78, 5) is 9.31. The van der Waals surface area contributed by atoms with Gasteiger partial charge in [0.1, 0.15) is 11.6 Å². The molecule has 0 spiro atoms. The first-order valence-corrected chi connectivity index (χ1v) is 9.57. The van der Waals surface area contributed by atoms with Crippen molar-refractivity contribution in [1.29, 1.82) is 0 Å². The molecule has 2 rings (SSSR count). The Balaban J connectivity index is 2.30. The van der Waals surface area contributed by atoms with Crippen molar-refractivity contribution in [3.8, 4) is 0 Å². The summed E-state index contributed by atoms with van der Waals surface area (Å²) >= 11 is 6.24. The van der Waals surface area contributed by atoms with E-state index in [-0.39, 0.29) is 0 Å². The summed E-state index contributed by atoms with van der Waals surface area (Å²) in [5.74, 6) is 3.01. The van der Waals surface area contributed by atoms with E-state index in [4.69, 9.17) is 10.7 Å². The van der Waals surface area contributed by atoms with E-state index in [1.807, 2.05) is 23.5 Å². The summed E-state index contributed by atoms with van der Waals surface area (Å²) in [5.41, 5.74) is 7.14. The fourth-order valence-electron chi connectivity index (χ4n) is 1.95. The standard InChI is InChI=1S/C13H20IN3S2/c1-6(2)11-10(14)12(15)17-13(16-11)9-5-18-7(3)8(4)19-9/h6-9H,5H2,1-4H3,(H2,15,16,17). The third kappa shape index (κ3) is 3.50. The molecule has 1 fully saturated rings. The van der Waals surface area contributed by atoms with E-state index in [1.165, 1.54) is 0 Å². The number of aromatic nitrogens is 2. The maximum absolute atomic E-state index is 6.05. The molecule has 0 amide bonds. The molecule has 0 radical (unpaired) electrons. The lowest BCUT2D eigenvalue weighted by atomic mass is 10.1. The van der Waals surface area contributed by atoms with Crippen molar-refractivity contribution in [2.24, 2.45) is 0 Å². The van der Waals surface area contributed by atoms with Crippen molar-refractivity contribution in [2.75, 3.05) is 11.5 Å². The number of nitrogens with zero attached hydrogens (tertiary/aromatic N) is 2. The lowest BCUT2D eigenvalue weighted by Crippen LogP contribution is -2.23. The molecule has 2 N–H and O–H groups in total. The third-order valence-electron chi connectivity index (χ3n) is 3.31. The Morgan fingerprint density at radius 2 is 1.95 bits per heavy atom. The summed E-state index contributed by atoms with van der Waals surface area (Å²) in [6.07, 6.45) is 0. The van der Waals surface area contributed by atoms with Gasteiger partial charge in [-0.25, -0.2) is 9.97 Å². The Morgan fingerprint density at radius 1 is 1.26 bits per heavy atom. The molecule has 1 aromatic rings. The highest BCUT2D eigenvalue weighted by Crippen LogP contribution is 2.43. The Labute approximate surface area is 137 Å². The molecule has 1 saturated heterocycles. The van der Waals surface area contributed by atoms with E-state index in [2.05, 4.69) is 55.3 Å². The molecule has 3 unspecified atom stereocenters. The van der Waals surface area contributed by atoms with Crippen LogP contribution in [-0.2, 0) is 0 Å². The van der Waals surface area contributed by atoms with Crippen LogP contribution in [0.15, 0.2) is 0 Å². The van der Waals surface area contributed by atoms with Gasteiger partial charge < -0.3 is 5.73 Å². The zero-order valence-electron chi connectivity index (χ0n) is 11.7. The molecule has 1 aliphatic rings. The molecular formula is C13H20IN3S2. The van der Waals surface area contributed by atoms with E-state index < -0.39 is 0 Å². The second-order valence-corrected chi connectivity index (χ2v) is 9.26. The highest BCUT2D eigenvalue weighted by molar-refractivity contribution is 14.1. The molecule has 106 valence electrons. The molecule has 0 aliphatic carbocycles. The number of nitrogens with two attached hydrogens (primary N) is 1. The predicted octanol–water partition coefficient (Wildman–Crippen LogP) is 4.08. The van der Waals surface area contributed by atoms with Crippen molar-refractivity contribution >= 4 is 51.9 Å². The number of hydrogen-bond acceptors (Lipinski definition) is 5. The minimum absolute atomic E-state index is 0.369. The average Bonchev–Trinajstić information content (AvgIpc) is 2.35. The lowest BCUT2D eigenvalue weighted by Gasteiger charge is -2.30. The van der Waals surface area contributed by atoms with Gasteiger partial charge in [-0.1, -0.05) is 27.7 Å². The summed E-state index contributed by atoms with van der Waals surface area (Å²) in [6.45, 7) is 8.89. The first kappa shape index (κ1) is 15.7. The topological polar surface area (TPSA) is 51.8 Å². The van der Waals surface area contributed by atoms with Gasteiger partial charge >= 0.3 is 0 Å². The number of halogens is 1. The minimum atomic E-state index is 0.369. The van der Waals surface area contributed by atoms with Crippen molar-refractivity contribution in [1.82, 2.24) is 9.97 Å². The second kappa shape index (κ2) is 6.39. The Kier molecular flexibility index (Phi) is 5.28. The summed E-state index contributed by atoms with van der Waals surface area (Å²) in [5, 5.41) is 1.70. The number of hydrogen-bond donors (Lipinski definition) is 1. The van der Waals surface area contributed by atoms with Gasteiger partial charge in [-0.05, 0) is 28.5 Å². The van der Waals surface area contributed by atoms with E-state index in [1.54, 1.807) is 0 Å². The van der Waals surface area contributed by atoms with Crippen LogP contribution in [0.3, 0.4) is 0 Å². The number of thioether (sulfide) groups is 2. The maximum atomic E-state index is 6.05. The molecule has 0 bridgehead atoms.